The molecule has 1 aliphatic heterocycles. The van der Waals surface area contributed by atoms with E-state index in [4.69, 9.17) is 9.47 Å². The Balaban J connectivity index is 1.79. The maximum absolute atomic E-state index is 13.5. The lowest BCUT2D eigenvalue weighted by Crippen LogP contribution is -2.28. The van der Waals surface area contributed by atoms with Crippen molar-refractivity contribution in [2.24, 2.45) is 4.99 Å². The maximum Gasteiger partial charge on any atom is 0.271 e. The first-order valence-electron chi connectivity index (χ1n) is 9.54. The number of amides is 1. The zero-order chi connectivity index (χ0) is 22.7. The lowest BCUT2D eigenvalue weighted by Gasteiger charge is -2.15. The number of nitrogens with zero attached hydrogens (tertiary/aromatic N) is 2. The number of carbonyl (C=O) groups excluding carboxylic acids is 1. The number of anilines is 1. The SMILES string of the molecule is COc1ccc(OC)c(/C=C2/SC(=Nc3ccc(F)cc3)N(c3ccc(F)cc3)C2=O)c1. The average Bonchev–Trinajstić information content (AvgIpc) is 3.10. The Kier molecular flexibility index (Phi) is 6.23. The molecule has 3 aromatic rings. The van der Waals surface area contributed by atoms with E-state index in [2.05, 4.69) is 4.99 Å². The van der Waals surface area contributed by atoms with Crippen molar-refractivity contribution in [2.45, 2.75) is 0 Å². The van der Waals surface area contributed by atoms with E-state index in [0.717, 1.165) is 11.8 Å². The van der Waals surface area contributed by atoms with Gasteiger partial charge in [-0.1, -0.05) is 0 Å². The second-order valence-corrected chi connectivity index (χ2v) is 7.72. The van der Waals surface area contributed by atoms with Gasteiger partial charge in [-0.15, -0.1) is 0 Å². The standard InChI is InChI=1S/C24H18F2N2O3S/c1-30-20-11-12-21(31-2)15(13-20)14-22-23(29)28(19-9-5-17(26)6-10-19)24(32-22)27-18-7-3-16(25)4-8-18/h3-14H,1-2H3/b22-14+,27-24?. The molecular formula is C24H18F2N2O3S. The summed E-state index contributed by atoms with van der Waals surface area (Å²) in [5, 5.41) is 0.362. The largest absolute Gasteiger partial charge is 0.497 e. The molecule has 4 rings (SSSR count). The zero-order valence-corrected chi connectivity index (χ0v) is 18.0. The van der Waals surface area contributed by atoms with Gasteiger partial charge >= 0.3 is 0 Å². The molecule has 0 spiro atoms. The van der Waals surface area contributed by atoms with Crippen LogP contribution in [0.5, 0.6) is 11.5 Å². The summed E-state index contributed by atoms with van der Waals surface area (Å²) in [6.45, 7) is 0. The quantitative estimate of drug-likeness (QED) is 0.460. The van der Waals surface area contributed by atoms with Crippen LogP contribution in [0, 0.1) is 11.6 Å². The van der Waals surface area contributed by atoms with Gasteiger partial charge in [0, 0.05) is 5.56 Å². The number of ether oxygens (including phenoxy) is 2. The second kappa shape index (κ2) is 9.23. The Morgan fingerprint density at radius 1 is 0.906 bits per heavy atom. The van der Waals surface area contributed by atoms with Crippen LogP contribution in [0.15, 0.2) is 76.6 Å². The van der Waals surface area contributed by atoms with Gasteiger partial charge in [-0.2, -0.15) is 0 Å². The molecule has 0 radical (unpaired) electrons. The zero-order valence-electron chi connectivity index (χ0n) is 17.2. The third-order valence-electron chi connectivity index (χ3n) is 4.67. The van der Waals surface area contributed by atoms with Crippen LogP contribution in [0.4, 0.5) is 20.2 Å². The van der Waals surface area contributed by atoms with Crippen molar-refractivity contribution < 1.29 is 23.0 Å². The number of rotatable bonds is 5. The Morgan fingerprint density at radius 3 is 2.19 bits per heavy atom. The number of methoxy groups -OCH3 is 2. The van der Waals surface area contributed by atoms with E-state index in [1.165, 1.54) is 53.4 Å². The van der Waals surface area contributed by atoms with Gasteiger partial charge in [0.15, 0.2) is 5.17 Å². The number of carbonyl (C=O) groups is 1. The van der Waals surface area contributed by atoms with E-state index in [-0.39, 0.29) is 11.7 Å². The highest BCUT2D eigenvalue weighted by atomic mass is 32.2. The minimum absolute atomic E-state index is 0.327. The third-order valence-corrected chi connectivity index (χ3v) is 5.63. The van der Waals surface area contributed by atoms with Crippen molar-refractivity contribution in [1.29, 1.82) is 0 Å². The highest BCUT2D eigenvalue weighted by molar-refractivity contribution is 8.19. The van der Waals surface area contributed by atoms with Gasteiger partial charge in [-0.25, -0.2) is 13.8 Å². The van der Waals surface area contributed by atoms with Crippen LogP contribution in [-0.4, -0.2) is 25.3 Å². The fourth-order valence-corrected chi connectivity index (χ4v) is 4.08. The number of hydrogen-bond donors (Lipinski definition) is 0. The van der Waals surface area contributed by atoms with E-state index in [0.29, 0.717) is 38.5 Å². The summed E-state index contributed by atoms with van der Waals surface area (Å²) in [7, 11) is 3.09. The lowest BCUT2D eigenvalue weighted by molar-refractivity contribution is -0.113. The molecule has 1 heterocycles. The number of aliphatic imine (C=N–C) groups is 1. The predicted molar refractivity (Wildman–Crippen MR) is 122 cm³/mol. The second-order valence-electron chi connectivity index (χ2n) is 6.71. The fraction of sp³-hybridized carbons (Fsp3) is 0.0833. The molecule has 0 unspecified atom stereocenters. The molecule has 162 valence electrons. The Hall–Kier alpha value is -3.65. The summed E-state index contributed by atoms with van der Waals surface area (Å²) in [4.78, 5) is 19.6. The highest BCUT2D eigenvalue weighted by Gasteiger charge is 2.35. The van der Waals surface area contributed by atoms with Crippen molar-refractivity contribution >= 4 is 40.3 Å². The Morgan fingerprint density at radius 2 is 1.56 bits per heavy atom. The van der Waals surface area contributed by atoms with Gasteiger partial charge in [-0.3, -0.25) is 9.69 Å². The molecule has 3 aromatic carbocycles. The summed E-state index contributed by atoms with van der Waals surface area (Å²) in [6, 6.07) is 16.4. The first-order chi connectivity index (χ1) is 15.5. The number of hydrogen-bond acceptors (Lipinski definition) is 5. The lowest BCUT2D eigenvalue weighted by atomic mass is 10.1. The third kappa shape index (κ3) is 4.50. The fourth-order valence-electron chi connectivity index (χ4n) is 3.09. The maximum atomic E-state index is 13.5. The number of benzene rings is 3. The van der Waals surface area contributed by atoms with Crippen LogP contribution in [-0.2, 0) is 4.79 Å². The van der Waals surface area contributed by atoms with Gasteiger partial charge in [0.25, 0.3) is 5.91 Å². The number of halogens is 2. The molecule has 1 fully saturated rings. The molecule has 0 aliphatic carbocycles. The van der Waals surface area contributed by atoms with Crippen LogP contribution in [0.3, 0.4) is 0 Å². The summed E-state index contributed by atoms with van der Waals surface area (Å²) in [5.41, 5.74) is 1.60. The van der Waals surface area contributed by atoms with E-state index >= 15 is 0 Å². The highest BCUT2D eigenvalue weighted by Crippen LogP contribution is 2.39. The van der Waals surface area contributed by atoms with Crippen molar-refractivity contribution in [1.82, 2.24) is 0 Å². The smallest absolute Gasteiger partial charge is 0.271 e. The van der Waals surface area contributed by atoms with Crippen molar-refractivity contribution in [3.8, 4) is 11.5 Å². The van der Waals surface area contributed by atoms with E-state index in [1.54, 1.807) is 38.5 Å². The molecule has 0 saturated carbocycles. The first kappa shape index (κ1) is 21.6. The molecule has 1 saturated heterocycles. The summed E-state index contributed by atoms with van der Waals surface area (Å²) >= 11 is 1.16. The molecule has 0 bridgehead atoms. The van der Waals surface area contributed by atoms with Crippen LogP contribution in [0.2, 0.25) is 0 Å². The molecule has 0 N–H and O–H groups in total. The Bertz CT molecular complexity index is 1210. The van der Waals surface area contributed by atoms with Crippen LogP contribution >= 0.6 is 11.8 Å². The summed E-state index contributed by atoms with van der Waals surface area (Å²) < 4.78 is 37.4. The summed E-state index contributed by atoms with van der Waals surface area (Å²) in [5.74, 6) is 0.0622. The molecule has 0 atom stereocenters. The van der Waals surface area contributed by atoms with Gasteiger partial charge in [-0.05, 0) is 84.6 Å². The van der Waals surface area contributed by atoms with E-state index in [9.17, 15) is 13.6 Å². The van der Waals surface area contributed by atoms with Crippen LogP contribution in [0.1, 0.15) is 5.56 Å². The molecule has 32 heavy (non-hydrogen) atoms. The van der Waals surface area contributed by atoms with Crippen molar-refractivity contribution in [3.05, 3.63) is 88.8 Å². The molecule has 8 heteroatoms. The van der Waals surface area contributed by atoms with Crippen LogP contribution in [0.25, 0.3) is 6.08 Å². The number of amidine groups is 1. The molecule has 1 aliphatic rings. The van der Waals surface area contributed by atoms with Crippen LogP contribution < -0.4 is 14.4 Å². The van der Waals surface area contributed by atoms with Gasteiger partial charge < -0.3 is 9.47 Å². The van der Waals surface area contributed by atoms with E-state index in [1.807, 2.05) is 0 Å². The van der Waals surface area contributed by atoms with Crippen molar-refractivity contribution in [3.63, 3.8) is 0 Å². The predicted octanol–water partition coefficient (Wildman–Crippen LogP) is 5.79. The molecule has 1 amide bonds. The van der Waals surface area contributed by atoms with Crippen molar-refractivity contribution in [2.75, 3.05) is 19.1 Å². The Labute approximate surface area is 188 Å². The topological polar surface area (TPSA) is 51.1 Å². The molecular weight excluding hydrogens is 434 g/mol. The molecule has 0 aromatic heterocycles. The minimum Gasteiger partial charge on any atom is -0.497 e. The van der Waals surface area contributed by atoms with Gasteiger partial charge in [0.2, 0.25) is 0 Å². The monoisotopic (exact) mass is 452 g/mol. The van der Waals surface area contributed by atoms with Gasteiger partial charge in [0.1, 0.15) is 23.1 Å². The summed E-state index contributed by atoms with van der Waals surface area (Å²) in [6.07, 6.45) is 1.69. The normalized spacial score (nSPS) is 16.1. The van der Waals surface area contributed by atoms with E-state index < -0.39 is 5.82 Å². The first-order valence-corrected chi connectivity index (χ1v) is 10.4. The van der Waals surface area contributed by atoms with Gasteiger partial charge in [0.05, 0.1) is 30.5 Å². The molecule has 5 nitrogen and oxygen atoms in total. The number of thioether (sulfide) groups is 1. The average molecular weight is 452 g/mol. The minimum atomic E-state index is -0.415.